The Bertz CT molecular complexity index is 505. The fourth-order valence-electron chi connectivity index (χ4n) is 1.57. The molecular formula is C15H13BrS. The molecular weight excluding hydrogens is 292 g/mol. The second-order valence-electron chi connectivity index (χ2n) is 3.72. The molecule has 0 atom stereocenters. The van der Waals surface area contributed by atoms with E-state index in [9.17, 15) is 0 Å². The summed E-state index contributed by atoms with van der Waals surface area (Å²) < 4.78 is 1.01. The van der Waals surface area contributed by atoms with Gasteiger partial charge in [0.05, 0.1) is 0 Å². The Morgan fingerprint density at radius 2 is 1.65 bits per heavy atom. The van der Waals surface area contributed by atoms with Crippen molar-refractivity contribution in [2.24, 2.45) is 0 Å². The van der Waals surface area contributed by atoms with Gasteiger partial charge >= 0.3 is 0 Å². The monoisotopic (exact) mass is 304 g/mol. The van der Waals surface area contributed by atoms with Crippen molar-refractivity contribution in [1.29, 1.82) is 0 Å². The van der Waals surface area contributed by atoms with Crippen molar-refractivity contribution in [2.75, 3.05) is 0 Å². The molecule has 17 heavy (non-hydrogen) atoms. The third-order valence-electron chi connectivity index (χ3n) is 2.33. The van der Waals surface area contributed by atoms with Crippen molar-refractivity contribution in [2.45, 2.75) is 16.2 Å². The molecule has 0 unspecified atom stereocenters. The Morgan fingerprint density at radius 3 is 2.35 bits per heavy atom. The predicted molar refractivity (Wildman–Crippen MR) is 78.8 cm³/mol. The zero-order chi connectivity index (χ0) is 12.1. The highest BCUT2D eigenvalue weighted by Gasteiger charge is 2.04. The van der Waals surface area contributed by atoms with Gasteiger partial charge < -0.3 is 0 Å². The van der Waals surface area contributed by atoms with Gasteiger partial charge in [-0.25, -0.2) is 0 Å². The highest BCUT2D eigenvalue weighted by Crippen LogP contribution is 2.31. The Hall–Kier alpha value is -0.990. The zero-order valence-corrected chi connectivity index (χ0v) is 11.8. The van der Waals surface area contributed by atoms with Crippen molar-refractivity contribution in [1.82, 2.24) is 0 Å². The first-order valence-electron chi connectivity index (χ1n) is 5.40. The smallest absolute Gasteiger partial charge is 0.0157 e. The molecule has 2 heteroatoms. The fourth-order valence-corrected chi connectivity index (χ4v) is 2.84. The van der Waals surface area contributed by atoms with Gasteiger partial charge in [0.2, 0.25) is 0 Å². The van der Waals surface area contributed by atoms with Crippen LogP contribution in [0.15, 0.2) is 75.4 Å². The lowest BCUT2D eigenvalue weighted by Gasteiger charge is -2.08. The number of hydrogen-bond acceptors (Lipinski definition) is 1. The van der Waals surface area contributed by atoms with Crippen LogP contribution in [0.2, 0.25) is 0 Å². The molecule has 0 aliphatic rings. The zero-order valence-electron chi connectivity index (χ0n) is 9.40. The van der Waals surface area contributed by atoms with Gasteiger partial charge in [-0.15, -0.1) is 0 Å². The first-order chi connectivity index (χ1) is 8.25. The maximum Gasteiger partial charge on any atom is 0.0157 e. The summed E-state index contributed by atoms with van der Waals surface area (Å²) in [6.45, 7) is 3.91. The van der Waals surface area contributed by atoms with E-state index in [1.165, 1.54) is 15.4 Å². The molecule has 0 spiro atoms. The molecule has 0 fully saturated rings. The van der Waals surface area contributed by atoms with Crippen molar-refractivity contribution >= 4 is 27.7 Å². The van der Waals surface area contributed by atoms with E-state index >= 15 is 0 Å². The molecule has 86 valence electrons. The maximum atomic E-state index is 3.91. The first-order valence-corrected chi connectivity index (χ1v) is 7.01. The molecule has 0 aromatic heterocycles. The number of halogens is 1. The molecule has 0 N–H and O–H groups in total. The Kier molecular flexibility index (Phi) is 4.46. The summed E-state index contributed by atoms with van der Waals surface area (Å²) in [5.74, 6) is 0. The summed E-state index contributed by atoms with van der Waals surface area (Å²) in [5.41, 5.74) is 1.31. The summed E-state index contributed by atoms with van der Waals surface area (Å²) in [7, 11) is 0. The van der Waals surface area contributed by atoms with Crippen LogP contribution in [0.1, 0.15) is 5.56 Å². The van der Waals surface area contributed by atoms with Gasteiger partial charge in [-0.1, -0.05) is 70.7 Å². The van der Waals surface area contributed by atoms with Crippen LogP contribution >= 0.6 is 27.7 Å². The lowest BCUT2D eigenvalue weighted by Crippen LogP contribution is -1.87. The molecule has 0 nitrogen and oxygen atoms in total. The minimum Gasteiger partial charge on any atom is -0.0898 e. The van der Waals surface area contributed by atoms with E-state index in [1.54, 1.807) is 11.8 Å². The molecule has 2 aromatic rings. The van der Waals surface area contributed by atoms with Gasteiger partial charge in [0, 0.05) is 16.2 Å². The van der Waals surface area contributed by atoms with E-state index < -0.39 is 0 Å². The average Bonchev–Trinajstić information content (AvgIpc) is 2.32. The lowest BCUT2D eigenvalue weighted by molar-refractivity contribution is 1.17. The standard InChI is InChI=1S/C15H13BrS/c1-12(16)11-13-7-5-6-10-15(13)17-14-8-3-2-4-9-14/h2-10H,1,11H2. The number of hydrogen-bond donors (Lipinski definition) is 0. The van der Waals surface area contributed by atoms with Gasteiger partial charge in [0.1, 0.15) is 0 Å². The summed E-state index contributed by atoms with van der Waals surface area (Å²) in [6.07, 6.45) is 0.871. The molecule has 2 aromatic carbocycles. The minimum atomic E-state index is 0.871. The first kappa shape index (κ1) is 12.5. The van der Waals surface area contributed by atoms with Crippen LogP contribution in [0.4, 0.5) is 0 Å². The normalized spacial score (nSPS) is 10.2. The van der Waals surface area contributed by atoms with Crippen LogP contribution in [0, 0.1) is 0 Å². The van der Waals surface area contributed by atoms with Crippen LogP contribution in [-0.2, 0) is 6.42 Å². The van der Waals surface area contributed by atoms with Crippen LogP contribution in [0.3, 0.4) is 0 Å². The number of benzene rings is 2. The van der Waals surface area contributed by atoms with Crippen LogP contribution in [0.25, 0.3) is 0 Å². The van der Waals surface area contributed by atoms with Crippen LogP contribution in [0.5, 0.6) is 0 Å². The SMILES string of the molecule is C=C(Br)Cc1ccccc1Sc1ccccc1. The third kappa shape index (κ3) is 3.76. The molecule has 2 rings (SSSR count). The Labute approximate surface area is 115 Å². The van der Waals surface area contributed by atoms with E-state index in [0.29, 0.717) is 0 Å². The molecule has 0 aliphatic carbocycles. The largest absolute Gasteiger partial charge is 0.0898 e. The highest BCUT2D eigenvalue weighted by molar-refractivity contribution is 9.11. The average molecular weight is 305 g/mol. The van der Waals surface area contributed by atoms with Crippen LogP contribution in [-0.4, -0.2) is 0 Å². The molecule has 0 bridgehead atoms. The summed E-state index contributed by atoms with van der Waals surface area (Å²) >= 11 is 5.22. The molecule has 0 saturated heterocycles. The quantitative estimate of drug-likeness (QED) is 0.739. The highest BCUT2D eigenvalue weighted by atomic mass is 79.9. The minimum absolute atomic E-state index is 0.871. The topological polar surface area (TPSA) is 0 Å². The van der Waals surface area contributed by atoms with Crippen molar-refractivity contribution in [3.8, 4) is 0 Å². The molecule has 0 saturated carbocycles. The number of rotatable bonds is 4. The predicted octanol–water partition coefficient (Wildman–Crippen LogP) is 5.29. The second-order valence-corrected chi connectivity index (χ2v) is 5.95. The molecule has 0 aliphatic heterocycles. The summed E-state index contributed by atoms with van der Waals surface area (Å²) in [4.78, 5) is 2.56. The third-order valence-corrected chi connectivity index (χ3v) is 3.73. The summed E-state index contributed by atoms with van der Waals surface area (Å²) in [6, 6.07) is 18.9. The van der Waals surface area contributed by atoms with Crippen molar-refractivity contribution in [3.05, 3.63) is 71.2 Å². The van der Waals surface area contributed by atoms with E-state index in [2.05, 4.69) is 71.0 Å². The summed E-state index contributed by atoms with van der Waals surface area (Å²) in [5, 5.41) is 0. The second kappa shape index (κ2) is 6.08. The van der Waals surface area contributed by atoms with E-state index in [-0.39, 0.29) is 0 Å². The van der Waals surface area contributed by atoms with Crippen molar-refractivity contribution < 1.29 is 0 Å². The van der Waals surface area contributed by atoms with Gasteiger partial charge in [-0.2, -0.15) is 0 Å². The van der Waals surface area contributed by atoms with Crippen molar-refractivity contribution in [3.63, 3.8) is 0 Å². The van der Waals surface area contributed by atoms with E-state index in [1.807, 2.05) is 6.07 Å². The maximum absolute atomic E-state index is 3.91. The molecule has 0 radical (unpaired) electrons. The van der Waals surface area contributed by atoms with Crippen LogP contribution < -0.4 is 0 Å². The lowest BCUT2D eigenvalue weighted by atomic mass is 10.1. The number of allylic oxidation sites excluding steroid dienone is 1. The molecule has 0 amide bonds. The fraction of sp³-hybridized carbons (Fsp3) is 0.0667. The Balaban J connectivity index is 2.23. The van der Waals surface area contributed by atoms with Gasteiger partial charge in [0.15, 0.2) is 0 Å². The van der Waals surface area contributed by atoms with Gasteiger partial charge in [0.25, 0.3) is 0 Å². The van der Waals surface area contributed by atoms with Gasteiger partial charge in [-0.05, 0) is 28.2 Å². The Morgan fingerprint density at radius 1 is 1.00 bits per heavy atom. The molecule has 0 heterocycles. The van der Waals surface area contributed by atoms with E-state index in [4.69, 9.17) is 0 Å². The van der Waals surface area contributed by atoms with Gasteiger partial charge in [-0.3, -0.25) is 0 Å². The van der Waals surface area contributed by atoms with E-state index in [0.717, 1.165) is 10.9 Å².